The van der Waals surface area contributed by atoms with Crippen molar-refractivity contribution >= 4 is 44.5 Å². The maximum atomic E-state index is 12.7. The molecule has 2 aromatic rings. The van der Waals surface area contributed by atoms with E-state index in [1.54, 1.807) is 24.3 Å². The van der Waals surface area contributed by atoms with Crippen molar-refractivity contribution < 1.29 is 17.9 Å². The van der Waals surface area contributed by atoms with Crippen LogP contribution in [-0.2, 0) is 14.8 Å². The lowest BCUT2D eigenvalue weighted by molar-refractivity contribution is 0.103. The van der Waals surface area contributed by atoms with Gasteiger partial charge in [0.15, 0.2) is 0 Å². The van der Waals surface area contributed by atoms with Gasteiger partial charge in [-0.1, -0.05) is 13.0 Å². The van der Waals surface area contributed by atoms with E-state index in [0.29, 0.717) is 35.1 Å². The normalized spacial score (nSPS) is 20.5. The first kappa shape index (κ1) is 19.1. The molecule has 0 saturated carbocycles. The maximum Gasteiger partial charge on any atom is 0.286 e. The molecular formula is C19H21N3O4S2. The van der Waals surface area contributed by atoms with Gasteiger partial charge in [0.05, 0.1) is 23.2 Å². The number of fused-ring (bicyclic) bond motifs is 1. The Kier molecular flexibility index (Phi) is 5.22. The zero-order valence-corrected chi connectivity index (χ0v) is 17.1. The van der Waals surface area contributed by atoms with Crippen LogP contribution >= 0.6 is 11.3 Å². The molecule has 1 N–H and O–H groups in total. The highest BCUT2D eigenvalue weighted by atomic mass is 32.2. The molecule has 1 atom stereocenters. The summed E-state index contributed by atoms with van der Waals surface area (Å²) >= 11 is 1.33. The molecule has 0 spiro atoms. The van der Waals surface area contributed by atoms with Crippen LogP contribution in [0.2, 0.25) is 0 Å². The fourth-order valence-electron chi connectivity index (χ4n) is 3.45. The minimum absolute atomic E-state index is 0.0589. The maximum absolute atomic E-state index is 12.7. The second kappa shape index (κ2) is 7.65. The van der Waals surface area contributed by atoms with Crippen LogP contribution in [0.4, 0.5) is 11.4 Å². The lowest BCUT2D eigenvalue weighted by atomic mass is 10.2. The Hall–Kier alpha value is -2.23. The summed E-state index contributed by atoms with van der Waals surface area (Å²) in [7, 11) is -3.83. The lowest BCUT2D eigenvalue weighted by Gasteiger charge is -2.32. The van der Waals surface area contributed by atoms with E-state index in [-0.39, 0.29) is 16.9 Å². The van der Waals surface area contributed by atoms with Crippen molar-refractivity contribution in [3.05, 3.63) is 40.6 Å². The standard InChI is InChI=1S/C19H21N3O4S2/c1-2-18-21-28(24,25)17-11-13(20-19(23)16-6-4-10-27-16)7-8-15(17)22(18)12-14-5-3-9-26-14/h4,6-8,10-11,14H,2-3,5,9,12H2,1H3,(H,20,23). The third-order valence-corrected chi connectivity index (χ3v) is 7.00. The molecule has 2 aliphatic rings. The van der Waals surface area contributed by atoms with E-state index >= 15 is 0 Å². The minimum atomic E-state index is -3.83. The summed E-state index contributed by atoms with van der Waals surface area (Å²) in [5.74, 6) is 0.246. The van der Waals surface area contributed by atoms with Gasteiger partial charge in [0.25, 0.3) is 15.9 Å². The summed E-state index contributed by atoms with van der Waals surface area (Å²) in [5.41, 5.74) is 1.00. The zero-order valence-electron chi connectivity index (χ0n) is 15.4. The third-order valence-electron chi connectivity index (χ3n) is 4.79. The van der Waals surface area contributed by atoms with Crippen molar-refractivity contribution in [2.24, 2.45) is 4.40 Å². The number of rotatable bonds is 5. The molecule has 0 bridgehead atoms. The summed E-state index contributed by atoms with van der Waals surface area (Å²) < 4.78 is 35.2. The van der Waals surface area contributed by atoms with E-state index in [4.69, 9.17) is 4.74 Å². The molecule has 28 heavy (non-hydrogen) atoms. The SMILES string of the molecule is CCC1=NS(=O)(=O)c2cc(NC(=O)c3cccs3)ccc2N1CC1CCCO1. The largest absolute Gasteiger partial charge is 0.376 e. The molecule has 1 unspecified atom stereocenters. The molecule has 1 fully saturated rings. The number of sulfonamides is 1. The number of anilines is 2. The minimum Gasteiger partial charge on any atom is -0.376 e. The molecule has 1 aromatic carbocycles. The summed E-state index contributed by atoms with van der Waals surface area (Å²) in [4.78, 5) is 14.9. The van der Waals surface area contributed by atoms with E-state index < -0.39 is 10.0 Å². The van der Waals surface area contributed by atoms with Gasteiger partial charge in [0.1, 0.15) is 10.7 Å². The van der Waals surface area contributed by atoms with Gasteiger partial charge in [0, 0.05) is 18.7 Å². The highest BCUT2D eigenvalue weighted by Crippen LogP contribution is 2.35. The third kappa shape index (κ3) is 3.69. The number of hydrogen-bond donors (Lipinski definition) is 1. The number of benzene rings is 1. The van der Waals surface area contributed by atoms with Crippen LogP contribution in [-0.4, -0.2) is 39.4 Å². The van der Waals surface area contributed by atoms with E-state index in [0.717, 1.165) is 19.4 Å². The predicted octanol–water partition coefficient (Wildman–Crippen LogP) is 3.50. The van der Waals surface area contributed by atoms with Crippen LogP contribution in [0.25, 0.3) is 0 Å². The number of amidine groups is 1. The first-order chi connectivity index (χ1) is 13.5. The number of nitrogens with one attached hydrogen (secondary N) is 1. The summed E-state index contributed by atoms with van der Waals surface area (Å²) in [5, 5.41) is 4.58. The smallest absolute Gasteiger partial charge is 0.286 e. The van der Waals surface area contributed by atoms with Gasteiger partial charge >= 0.3 is 0 Å². The number of carbonyl (C=O) groups is 1. The predicted molar refractivity (Wildman–Crippen MR) is 110 cm³/mol. The van der Waals surface area contributed by atoms with Crippen molar-refractivity contribution in [2.45, 2.75) is 37.2 Å². The Morgan fingerprint density at radius 3 is 2.93 bits per heavy atom. The molecule has 1 saturated heterocycles. The molecule has 2 aliphatic heterocycles. The number of hydrogen-bond acceptors (Lipinski definition) is 6. The average Bonchev–Trinajstić information content (AvgIpc) is 3.38. The quantitative estimate of drug-likeness (QED) is 0.801. The molecule has 1 amide bonds. The van der Waals surface area contributed by atoms with Gasteiger partial charge < -0.3 is 15.0 Å². The van der Waals surface area contributed by atoms with E-state index in [9.17, 15) is 13.2 Å². The second-order valence-corrected chi connectivity index (χ2v) is 9.22. The Balaban J connectivity index is 1.67. The molecule has 4 rings (SSSR count). The molecule has 9 heteroatoms. The van der Waals surface area contributed by atoms with Gasteiger partial charge in [-0.15, -0.1) is 15.7 Å². The van der Waals surface area contributed by atoms with Crippen molar-refractivity contribution in [3.8, 4) is 0 Å². The summed E-state index contributed by atoms with van der Waals surface area (Å²) in [6.07, 6.45) is 2.52. The van der Waals surface area contributed by atoms with E-state index in [1.807, 2.05) is 17.2 Å². The van der Waals surface area contributed by atoms with Gasteiger partial charge in [-0.3, -0.25) is 4.79 Å². The summed E-state index contributed by atoms with van der Waals surface area (Å²) in [6.45, 7) is 3.18. The monoisotopic (exact) mass is 419 g/mol. The van der Waals surface area contributed by atoms with Crippen molar-refractivity contribution in [1.82, 2.24) is 0 Å². The zero-order chi connectivity index (χ0) is 19.7. The second-order valence-electron chi connectivity index (χ2n) is 6.70. The Bertz CT molecular complexity index is 1010. The van der Waals surface area contributed by atoms with Gasteiger partial charge in [0.2, 0.25) is 0 Å². The molecule has 1 aromatic heterocycles. The molecule has 7 nitrogen and oxygen atoms in total. The summed E-state index contributed by atoms with van der Waals surface area (Å²) in [6, 6.07) is 8.45. The molecule has 148 valence electrons. The fraction of sp³-hybridized carbons (Fsp3) is 0.368. The van der Waals surface area contributed by atoms with Crippen LogP contribution in [0.3, 0.4) is 0 Å². The fourth-order valence-corrected chi connectivity index (χ4v) is 5.39. The Morgan fingerprint density at radius 1 is 1.39 bits per heavy atom. The first-order valence-corrected chi connectivity index (χ1v) is 11.5. The van der Waals surface area contributed by atoms with Crippen LogP contribution in [0.15, 0.2) is 45.0 Å². The molecule has 0 aliphatic carbocycles. The first-order valence-electron chi connectivity index (χ1n) is 9.20. The Morgan fingerprint density at radius 2 is 2.25 bits per heavy atom. The van der Waals surface area contributed by atoms with Gasteiger partial charge in [-0.25, -0.2) is 0 Å². The van der Waals surface area contributed by atoms with Crippen LogP contribution in [0.1, 0.15) is 35.9 Å². The molecular weight excluding hydrogens is 398 g/mol. The van der Waals surface area contributed by atoms with Gasteiger partial charge in [-0.2, -0.15) is 8.42 Å². The lowest BCUT2D eigenvalue weighted by Crippen LogP contribution is -2.40. The van der Waals surface area contributed by atoms with Crippen LogP contribution < -0.4 is 10.2 Å². The van der Waals surface area contributed by atoms with Crippen molar-refractivity contribution in [2.75, 3.05) is 23.4 Å². The topological polar surface area (TPSA) is 88.1 Å². The number of amides is 1. The molecule has 0 radical (unpaired) electrons. The molecule has 3 heterocycles. The van der Waals surface area contributed by atoms with Crippen molar-refractivity contribution in [1.29, 1.82) is 0 Å². The van der Waals surface area contributed by atoms with E-state index in [1.165, 1.54) is 17.4 Å². The van der Waals surface area contributed by atoms with Crippen LogP contribution in [0.5, 0.6) is 0 Å². The number of carbonyl (C=O) groups excluding carboxylic acids is 1. The Labute approximate surface area is 168 Å². The highest BCUT2D eigenvalue weighted by Gasteiger charge is 2.32. The van der Waals surface area contributed by atoms with E-state index in [2.05, 4.69) is 9.71 Å². The highest BCUT2D eigenvalue weighted by molar-refractivity contribution is 7.90. The van der Waals surface area contributed by atoms with Crippen LogP contribution in [0, 0.1) is 0 Å². The number of nitrogens with zero attached hydrogens (tertiary/aromatic N) is 2. The average molecular weight is 420 g/mol. The van der Waals surface area contributed by atoms with Gasteiger partial charge in [-0.05, 0) is 42.5 Å². The van der Waals surface area contributed by atoms with Crippen molar-refractivity contribution in [3.63, 3.8) is 0 Å². The number of thiophene rings is 1. The number of ether oxygens (including phenoxy) is 1.